The van der Waals surface area contributed by atoms with Crippen LogP contribution in [0.4, 0.5) is 13.2 Å². The number of nitrogens with one attached hydrogen (secondary N) is 1. The van der Waals surface area contributed by atoms with Crippen LogP contribution in [0.25, 0.3) is 0 Å². The molecule has 110 valence electrons. The van der Waals surface area contributed by atoms with E-state index in [1.54, 1.807) is 0 Å². The lowest BCUT2D eigenvalue weighted by atomic mass is 10.0. The lowest BCUT2D eigenvalue weighted by Crippen LogP contribution is -2.33. The molecule has 2 rings (SSSR count). The van der Waals surface area contributed by atoms with Gasteiger partial charge < -0.3 is 10.1 Å². The maximum atomic E-state index is 12.4. The maximum Gasteiger partial charge on any atom is 0.417 e. The van der Waals surface area contributed by atoms with Gasteiger partial charge in [-0.15, -0.1) is 0 Å². The molecule has 1 aromatic heterocycles. The van der Waals surface area contributed by atoms with Gasteiger partial charge in [0.2, 0.25) is 0 Å². The summed E-state index contributed by atoms with van der Waals surface area (Å²) in [5, 5.41) is 2.66. The summed E-state index contributed by atoms with van der Waals surface area (Å²) in [6.45, 7) is 1.78. The van der Waals surface area contributed by atoms with E-state index < -0.39 is 17.6 Å². The normalized spacial score (nSPS) is 19.6. The monoisotopic (exact) mass is 288 g/mol. The molecule has 1 fully saturated rings. The van der Waals surface area contributed by atoms with E-state index in [9.17, 15) is 18.0 Å². The van der Waals surface area contributed by atoms with Crippen molar-refractivity contribution in [3.63, 3.8) is 0 Å². The Bertz CT molecular complexity index is 454. The predicted molar refractivity (Wildman–Crippen MR) is 65.1 cm³/mol. The van der Waals surface area contributed by atoms with Crippen molar-refractivity contribution in [2.75, 3.05) is 19.8 Å². The fraction of sp³-hybridized carbons (Fsp3) is 0.538. The molecule has 1 amide bonds. The van der Waals surface area contributed by atoms with Crippen LogP contribution in [0.3, 0.4) is 0 Å². The van der Waals surface area contributed by atoms with Crippen molar-refractivity contribution in [1.29, 1.82) is 0 Å². The molecule has 20 heavy (non-hydrogen) atoms. The van der Waals surface area contributed by atoms with Gasteiger partial charge in [-0.2, -0.15) is 13.2 Å². The largest absolute Gasteiger partial charge is 0.417 e. The molecule has 1 unspecified atom stereocenters. The number of alkyl halides is 3. The average molecular weight is 288 g/mol. The summed E-state index contributed by atoms with van der Waals surface area (Å²) in [7, 11) is 0. The van der Waals surface area contributed by atoms with E-state index in [0.717, 1.165) is 31.6 Å². The molecule has 2 heterocycles. The van der Waals surface area contributed by atoms with E-state index in [4.69, 9.17) is 4.74 Å². The lowest BCUT2D eigenvalue weighted by Gasteiger charge is -2.22. The highest BCUT2D eigenvalue weighted by Gasteiger charge is 2.30. The fourth-order valence-corrected chi connectivity index (χ4v) is 1.99. The zero-order valence-electron chi connectivity index (χ0n) is 10.7. The Hall–Kier alpha value is -1.63. The summed E-state index contributed by atoms with van der Waals surface area (Å²) in [6, 6.07) is 1.93. The highest BCUT2D eigenvalue weighted by Crippen LogP contribution is 2.28. The number of aromatic nitrogens is 1. The molecule has 0 radical (unpaired) electrons. The summed E-state index contributed by atoms with van der Waals surface area (Å²) in [6.07, 6.45) is -1.85. The highest BCUT2D eigenvalue weighted by atomic mass is 19.4. The molecule has 1 aliphatic heterocycles. The Morgan fingerprint density at radius 2 is 2.25 bits per heavy atom. The predicted octanol–water partition coefficient (Wildman–Crippen LogP) is 2.26. The van der Waals surface area contributed by atoms with Crippen LogP contribution < -0.4 is 5.32 Å². The molecular formula is C13H15F3N2O2. The Kier molecular flexibility index (Phi) is 4.59. The van der Waals surface area contributed by atoms with E-state index in [-0.39, 0.29) is 11.6 Å². The number of carbonyl (C=O) groups is 1. The minimum Gasteiger partial charge on any atom is -0.381 e. The number of halogens is 3. The number of pyridine rings is 1. The first-order chi connectivity index (χ1) is 9.47. The van der Waals surface area contributed by atoms with Crippen molar-refractivity contribution in [2.45, 2.75) is 19.0 Å². The third-order valence-corrected chi connectivity index (χ3v) is 3.13. The average Bonchev–Trinajstić information content (AvgIpc) is 2.45. The Balaban J connectivity index is 1.89. The summed E-state index contributed by atoms with van der Waals surface area (Å²) in [4.78, 5) is 15.3. The Labute approximate surface area is 114 Å². The van der Waals surface area contributed by atoms with Crippen LogP contribution in [0.1, 0.15) is 28.9 Å². The number of hydrogen-bond acceptors (Lipinski definition) is 3. The van der Waals surface area contributed by atoms with Crippen molar-refractivity contribution in [3.8, 4) is 0 Å². The molecular weight excluding hydrogens is 273 g/mol. The third kappa shape index (κ3) is 3.93. The summed E-state index contributed by atoms with van der Waals surface area (Å²) >= 11 is 0. The number of ether oxygens (including phenoxy) is 1. The van der Waals surface area contributed by atoms with Gasteiger partial charge in [0.1, 0.15) is 5.69 Å². The molecule has 1 atom stereocenters. The van der Waals surface area contributed by atoms with Crippen LogP contribution in [-0.2, 0) is 10.9 Å². The van der Waals surface area contributed by atoms with Gasteiger partial charge in [-0.05, 0) is 30.9 Å². The fourth-order valence-electron chi connectivity index (χ4n) is 1.99. The lowest BCUT2D eigenvalue weighted by molar-refractivity contribution is -0.137. The van der Waals surface area contributed by atoms with Crippen LogP contribution in [0.5, 0.6) is 0 Å². The van der Waals surface area contributed by atoms with Crippen molar-refractivity contribution in [1.82, 2.24) is 10.3 Å². The molecule has 0 saturated carbocycles. The molecule has 1 aliphatic rings. The van der Waals surface area contributed by atoms with E-state index in [1.807, 2.05) is 0 Å². The van der Waals surface area contributed by atoms with E-state index in [0.29, 0.717) is 19.3 Å². The zero-order valence-corrected chi connectivity index (χ0v) is 10.7. The van der Waals surface area contributed by atoms with Crippen LogP contribution in [0.15, 0.2) is 18.3 Å². The van der Waals surface area contributed by atoms with Crippen LogP contribution >= 0.6 is 0 Å². The van der Waals surface area contributed by atoms with Crippen molar-refractivity contribution < 1.29 is 22.7 Å². The zero-order chi connectivity index (χ0) is 14.6. The van der Waals surface area contributed by atoms with Gasteiger partial charge in [-0.25, -0.2) is 0 Å². The van der Waals surface area contributed by atoms with Crippen molar-refractivity contribution in [3.05, 3.63) is 29.6 Å². The first-order valence-corrected chi connectivity index (χ1v) is 6.36. The molecule has 0 aromatic carbocycles. The summed E-state index contributed by atoms with van der Waals surface area (Å²) in [5.41, 5.74) is -0.885. The van der Waals surface area contributed by atoms with Gasteiger partial charge in [0.15, 0.2) is 0 Å². The van der Waals surface area contributed by atoms with E-state index in [1.165, 1.54) is 0 Å². The van der Waals surface area contributed by atoms with Gasteiger partial charge in [0.25, 0.3) is 5.91 Å². The van der Waals surface area contributed by atoms with Crippen LogP contribution in [0.2, 0.25) is 0 Å². The third-order valence-electron chi connectivity index (χ3n) is 3.13. The molecule has 1 aromatic rings. The molecule has 0 aliphatic carbocycles. The second kappa shape index (κ2) is 6.21. The van der Waals surface area contributed by atoms with Gasteiger partial charge in [-0.1, -0.05) is 0 Å². The number of hydrogen-bond donors (Lipinski definition) is 1. The molecule has 4 nitrogen and oxygen atoms in total. The Morgan fingerprint density at radius 3 is 2.80 bits per heavy atom. The SMILES string of the molecule is O=C(NCC1CCCOC1)c1ccc(C(F)(F)F)cn1. The molecule has 7 heteroatoms. The molecule has 0 spiro atoms. The number of nitrogens with zero attached hydrogens (tertiary/aromatic N) is 1. The number of rotatable bonds is 3. The van der Waals surface area contributed by atoms with Crippen LogP contribution in [-0.4, -0.2) is 30.6 Å². The Morgan fingerprint density at radius 1 is 1.45 bits per heavy atom. The highest BCUT2D eigenvalue weighted by molar-refractivity contribution is 5.92. The van der Waals surface area contributed by atoms with E-state index in [2.05, 4.69) is 10.3 Å². The molecule has 0 bridgehead atoms. The minimum atomic E-state index is -4.44. The van der Waals surface area contributed by atoms with Gasteiger partial charge in [-0.3, -0.25) is 9.78 Å². The smallest absolute Gasteiger partial charge is 0.381 e. The van der Waals surface area contributed by atoms with E-state index >= 15 is 0 Å². The van der Waals surface area contributed by atoms with Crippen molar-refractivity contribution in [2.24, 2.45) is 5.92 Å². The standard InChI is InChI=1S/C13H15F3N2O2/c14-13(15,16)10-3-4-11(17-7-10)12(19)18-6-9-2-1-5-20-8-9/h3-4,7,9H,1-2,5-6,8H2,(H,18,19). The summed E-state index contributed by atoms with van der Waals surface area (Å²) < 4.78 is 42.4. The first kappa shape index (κ1) is 14.8. The van der Waals surface area contributed by atoms with Gasteiger partial charge in [0.05, 0.1) is 12.2 Å². The quantitative estimate of drug-likeness (QED) is 0.928. The topological polar surface area (TPSA) is 51.2 Å². The van der Waals surface area contributed by atoms with Crippen molar-refractivity contribution >= 4 is 5.91 Å². The molecule has 1 N–H and O–H groups in total. The first-order valence-electron chi connectivity index (χ1n) is 6.36. The summed E-state index contributed by atoms with van der Waals surface area (Å²) in [5.74, 6) is -0.216. The number of carbonyl (C=O) groups excluding carboxylic acids is 1. The minimum absolute atomic E-state index is 0.0188. The van der Waals surface area contributed by atoms with Gasteiger partial charge >= 0.3 is 6.18 Å². The second-order valence-electron chi connectivity index (χ2n) is 4.72. The number of amides is 1. The maximum absolute atomic E-state index is 12.4. The van der Waals surface area contributed by atoms with Gasteiger partial charge in [0, 0.05) is 19.3 Å². The molecule has 1 saturated heterocycles. The second-order valence-corrected chi connectivity index (χ2v) is 4.72. The van der Waals surface area contributed by atoms with Crippen LogP contribution in [0, 0.1) is 5.92 Å².